The van der Waals surface area contributed by atoms with E-state index in [1.54, 1.807) is 6.07 Å². The molecule has 0 radical (unpaired) electrons. The minimum absolute atomic E-state index is 0.000812. The highest BCUT2D eigenvalue weighted by Gasteiger charge is 2.33. The van der Waals surface area contributed by atoms with Gasteiger partial charge in [0.05, 0.1) is 17.0 Å². The molecule has 1 aliphatic carbocycles. The summed E-state index contributed by atoms with van der Waals surface area (Å²) in [6.45, 7) is 1.95. The van der Waals surface area contributed by atoms with Crippen LogP contribution in [0.15, 0.2) is 23.1 Å². The SMILES string of the molecule is COc1ccc(S(=O)(=O)NC2CCN(C3CC3)CC2)cc1Cl. The molecule has 3 rings (SSSR count). The van der Waals surface area contributed by atoms with Crippen molar-refractivity contribution in [3.8, 4) is 5.75 Å². The molecule has 0 aromatic heterocycles. The maximum absolute atomic E-state index is 12.5. The number of benzene rings is 1. The Morgan fingerprint density at radius 1 is 1.23 bits per heavy atom. The minimum Gasteiger partial charge on any atom is -0.495 e. The molecular formula is C15H21ClN2O3S. The average molecular weight is 345 g/mol. The molecule has 0 amide bonds. The van der Waals surface area contributed by atoms with Crippen LogP contribution < -0.4 is 9.46 Å². The topological polar surface area (TPSA) is 58.6 Å². The normalized spacial score (nSPS) is 21.0. The molecule has 1 heterocycles. The van der Waals surface area contributed by atoms with Crippen molar-refractivity contribution < 1.29 is 13.2 Å². The second kappa shape index (κ2) is 6.35. The molecule has 122 valence electrons. The van der Waals surface area contributed by atoms with Gasteiger partial charge >= 0.3 is 0 Å². The summed E-state index contributed by atoms with van der Waals surface area (Å²) in [5.74, 6) is 0.471. The van der Waals surface area contributed by atoms with E-state index in [0.29, 0.717) is 10.8 Å². The molecule has 1 aromatic rings. The van der Waals surface area contributed by atoms with Gasteiger partial charge in [0.2, 0.25) is 10.0 Å². The largest absolute Gasteiger partial charge is 0.495 e. The molecule has 1 saturated heterocycles. The number of rotatable bonds is 5. The number of piperidine rings is 1. The Kier molecular flexibility index (Phi) is 4.64. The second-order valence-electron chi connectivity index (χ2n) is 5.96. The summed E-state index contributed by atoms with van der Waals surface area (Å²) >= 11 is 6.02. The molecule has 0 unspecified atom stereocenters. The van der Waals surface area contributed by atoms with E-state index in [-0.39, 0.29) is 10.9 Å². The lowest BCUT2D eigenvalue weighted by molar-refractivity contribution is 0.199. The molecule has 22 heavy (non-hydrogen) atoms. The van der Waals surface area contributed by atoms with Crippen LogP contribution in [0.2, 0.25) is 5.02 Å². The van der Waals surface area contributed by atoms with Crippen molar-refractivity contribution in [2.24, 2.45) is 0 Å². The number of halogens is 1. The van der Waals surface area contributed by atoms with Crippen LogP contribution in [0, 0.1) is 0 Å². The second-order valence-corrected chi connectivity index (χ2v) is 8.08. The minimum atomic E-state index is -3.54. The first-order valence-electron chi connectivity index (χ1n) is 7.59. The maximum atomic E-state index is 12.5. The summed E-state index contributed by atoms with van der Waals surface area (Å²) in [7, 11) is -2.04. The fourth-order valence-electron chi connectivity index (χ4n) is 2.92. The van der Waals surface area contributed by atoms with Gasteiger partial charge in [-0.05, 0) is 57.0 Å². The monoisotopic (exact) mass is 344 g/mol. The lowest BCUT2D eigenvalue weighted by Crippen LogP contribution is -2.45. The third-order valence-electron chi connectivity index (χ3n) is 4.35. The molecule has 0 bridgehead atoms. The highest BCUT2D eigenvalue weighted by molar-refractivity contribution is 7.89. The molecule has 7 heteroatoms. The lowest BCUT2D eigenvalue weighted by atomic mass is 10.1. The van der Waals surface area contributed by atoms with Crippen LogP contribution in [-0.2, 0) is 10.0 Å². The molecule has 2 aliphatic rings. The standard InChI is InChI=1S/C15H21ClN2O3S/c1-21-15-5-4-13(10-14(15)16)22(19,20)17-11-6-8-18(9-7-11)12-2-3-12/h4-5,10-12,17H,2-3,6-9H2,1H3. The van der Waals surface area contributed by atoms with Crippen molar-refractivity contribution >= 4 is 21.6 Å². The van der Waals surface area contributed by atoms with E-state index in [9.17, 15) is 8.42 Å². The predicted molar refractivity (Wildman–Crippen MR) is 85.9 cm³/mol. The first kappa shape index (κ1) is 16.1. The van der Waals surface area contributed by atoms with Crippen LogP contribution in [0.25, 0.3) is 0 Å². The quantitative estimate of drug-likeness (QED) is 0.890. The van der Waals surface area contributed by atoms with Gasteiger partial charge in [0, 0.05) is 12.1 Å². The van der Waals surface area contributed by atoms with Gasteiger partial charge in [0.15, 0.2) is 0 Å². The van der Waals surface area contributed by atoms with Gasteiger partial charge < -0.3 is 9.64 Å². The third-order valence-corrected chi connectivity index (χ3v) is 6.16. The number of hydrogen-bond acceptors (Lipinski definition) is 4. The Morgan fingerprint density at radius 3 is 2.45 bits per heavy atom. The number of ether oxygens (including phenoxy) is 1. The number of hydrogen-bond donors (Lipinski definition) is 1. The van der Waals surface area contributed by atoms with Gasteiger partial charge in [-0.15, -0.1) is 0 Å². The number of methoxy groups -OCH3 is 1. The fraction of sp³-hybridized carbons (Fsp3) is 0.600. The molecule has 1 aliphatic heterocycles. The fourth-order valence-corrected chi connectivity index (χ4v) is 4.58. The Labute approximate surface area is 136 Å². The lowest BCUT2D eigenvalue weighted by Gasteiger charge is -2.32. The summed E-state index contributed by atoms with van der Waals surface area (Å²) in [5, 5.41) is 0.300. The highest BCUT2D eigenvalue weighted by atomic mass is 35.5. The third kappa shape index (κ3) is 3.56. The zero-order valence-electron chi connectivity index (χ0n) is 12.6. The smallest absolute Gasteiger partial charge is 0.240 e. The van der Waals surface area contributed by atoms with Gasteiger partial charge in [-0.3, -0.25) is 0 Å². The summed E-state index contributed by atoms with van der Waals surface area (Å²) in [5.41, 5.74) is 0. The first-order valence-corrected chi connectivity index (χ1v) is 9.45. The van der Waals surface area contributed by atoms with E-state index < -0.39 is 10.0 Å². The number of sulfonamides is 1. The summed E-state index contributed by atoms with van der Waals surface area (Å²) < 4.78 is 32.8. The van der Waals surface area contributed by atoms with E-state index in [4.69, 9.17) is 16.3 Å². The van der Waals surface area contributed by atoms with Crippen LogP contribution in [0.1, 0.15) is 25.7 Å². The summed E-state index contributed by atoms with van der Waals surface area (Å²) in [6, 6.07) is 5.28. The number of nitrogens with one attached hydrogen (secondary N) is 1. The molecule has 0 atom stereocenters. The molecule has 1 saturated carbocycles. The van der Waals surface area contributed by atoms with Crippen molar-refractivity contribution in [2.45, 2.75) is 42.7 Å². The van der Waals surface area contributed by atoms with Crippen molar-refractivity contribution in [2.75, 3.05) is 20.2 Å². The first-order chi connectivity index (χ1) is 10.5. The molecule has 5 nitrogen and oxygen atoms in total. The van der Waals surface area contributed by atoms with Crippen LogP contribution >= 0.6 is 11.6 Å². The highest BCUT2D eigenvalue weighted by Crippen LogP contribution is 2.30. The van der Waals surface area contributed by atoms with Crippen molar-refractivity contribution in [1.29, 1.82) is 0 Å². The van der Waals surface area contributed by atoms with E-state index in [2.05, 4.69) is 9.62 Å². The van der Waals surface area contributed by atoms with Crippen LogP contribution in [-0.4, -0.2) is 45.6 Å². The molecule has 2 fully saturated rings. The molecular weight excluding hydrogens is 324 g/mol. The Hall–Kier alpha value is -0.820. The molecule has 0 spiro atoms. The van der Waals surface area contributed by atoms with Crippen molar-refractivity contribution in [3.63, 3.8) is 0 Å². The molecule has 1 aromatic carbocycles. The van der Waals surface area contributed by atoms with E-state index >= 15 is 0 Å². The number of likely N-dealkylation sites (tertiary alicyclic amines) is 1. The average Bonchev–Trinajstić information content (AvgIpc) is 3.32. The van der Waals surface area contributed by atoms with Crippen molar-refractivity contribution in [1.82, 2.24) is 9.62 Å². The predicted octanol–water partition coefficient (Wildman–Crippen LogP) is 2.25. The van der Waals surface area contributed by atoms with Crippen LogP contribution in [0.4, 0.5) is 0 Å². The van der Waals surface area contributed by atoms with Crippen LogP contribution in [0.3, 0.4) is 0 Å². The molecule has 1 N–H and O–H groups in total. The van der Waals surface area contributed by atoms with Crippen LogP contribution in [0.5, 0.6) is 5.75 Å². The van der Waals surface area contributed by atoms with Crippen molar-refractivity contribution in [3.05, 3.63) is 23.2 Å². The van der Waals surface area contributed by atoms with Gasteiger partial charge in [-0.1, -0.05) is 11.6 Å². The van der Waals surface area contributed by atoms with Gasteiger partial charge in [-0.25, -0.2) is 13.1 Å². The maximum Gasteiger partial charge on any atom is 0.240 e. The number of nitrogens with zero attached hydrogens (tertiary/aromatic N) is 1. The Balaban J connectivity index is 1.64. The van der Waals surface area contributed by atoms with Gasteiger partial charge in [0.25, 0.3) is 0 Å². The van der Waals surface area contributed by atoms with E-state index in [1.807, 2.05) is 0 Å². The summed E-state index contributed by atoms with van der Waals surface area (Å²) in [6.07, 6.45) is 4.31. The van der Waals surface area contributed by atoms with E-state index in [0.717, 1.165) is 32.0 Å². The van der Waals surface area contributed by atoms with E-state index in [1.165, 1.54) is 32.1 Å². The van der Waals surface area contributed by atoms with Gasteiger partial charge in [0.1, 0.15) is 5.75 Å². The Bertz CT molecular complexity index is 638. The Morgan fingerprint density at radius 2 is 1.91 bits per heavy atom. The summed E-state index contributed by atoms with van der Waals surface area (Å²) in [4.78, 5) is 2.65. The zero-order valence-corrected chi connectivity index (χ0v) is 14.2. The van der Waals surface area contributed by atoms with Gasteiger partial charge in [-0.2, -0.15) is 0 Å². The zero-order chi connectivity index (χ0) is 15.7.